The van der Waals surface area contributed by atoms with E-state index in [-0.39, 0.29) is 0 Å². The third-order valence-corrected chi connectivity index (χ3v) is 4.03. The van der Waals surface area contributed by atoms with Gasteiger partial charge in [0, 0.05) is 30.2 Å². The lowest BCUT2D eigenvalue weighted by Gasteiger charge is -2.27. The van der Waals surface area contributed by atoms with E-state index < -0.39 is 0 Å². The third kappa shape index (κ3) is 3.11. The van der Waals surface area contributed by atoms with Crippen LogP contribution < -0.4 is 11.1 Å². The Morgan fingerprint density at radius 3 is 2.84 bits per heavy atom. The van der Waals surface area contributed by atoms with Crippen LogP contribution in [0.4, 0.5) is 0 Å². The second-order valence-corrected chi connectivity index (χ2v) is 5.52. The smallest absolute Gasteiger partial charge is 0.0702 e. The van der Waals surface area contributed by atoms with Crippen molar-refractivity contribution in [1.29, 1.82) is 0 Å². The fourth-order valence-corrected chi connectivity index (χ4v) is 2.82. The second-order valence-electron chi connectivity index (χ2n) is 5.52. The van der Waals surface area contributed by atoms with Gasteiger partial charge < -0.3 is 11.1 Å². The SMILES string of the molecule is NC1CCC(NCc2ccc3ncccc3c2)CC1. The van der Waals surface area contributed by atoms with Gasteiger partial charge in [-0.25, -0.2) is 0 Å². The first kappa shape index (κ1) is 12.6. The highest BCUT2D eigenvalue weighted by molar-refractivity contribution is 5.78. The summed E-state index contributed by atoms with van der Waals surface area (Å²) in [6.45, 7) is 0.935. The van der Waals surface area contributed by atoms with Crippen molar-refractivity contribution < 1.29 is 0 Å². The van der Waals surface area contributed by atoms with E-state index in [1.54, 1.807) is 0 Å². The van der Waals surface area contributed by atoms with E-state index in [0.29, 0.717) is 12.1 Å². The van der Waals surface area contributed by atoms with Crippen LogP contribution in [0, 0.1) is 0 Å². The van der Waals surface area contributed by atoms with Crippen molar-refractivity contribution in [3.05, 3.63) is 42.1 Å². The lowest BCUT2D eigenvalue weighted by Crippen LogP contribution is -2.37. The Hall–Kier alpha value is -1.45. The Balaban J connectivity index is 1.62. The van der Waals surface area contributed by atoms with E-state index in [2.05, 4.69) is 34.6 Å². The average molecular weight is 255 g/mol. The van der Waals surface area contributed by atoms with Crippen molar-refractivity contribution in [2.45, 2.75) is 44.3 Å². The highest BCUT2D eigenvalue weighted by Crippen LogP contribution is 2.18. The molecule has 1 saturated carbocycles. The first-order valence-electron chi connectivity index (χ1n) is 7.14. The molecule has 1 aliphatic carbocycles. The molecule has 0 saturated heterocycles. The molecule has 3 rings (SSSR count). The fraction of sp³-hybridized carbons (Fsp3) is 0.438. The standard InChI is InChI=1S/C16H21N3/c17-14-4-6-15(7-5-14)19-11-12-3-8-16-13(10-12)2-1-9-18-16/h1-3,8-10,14-15,19H,4-7,11,17H2. The van der Waals surface area contributed by atoms with Gasteiger partial charge in [-0.2, -0.15) is 0 Å². The maximum atomic E-state index is 5.93. The number of fused-ring (bicyclic) bond motifs is 1. The van der Waals surface area contributed by atoms with Gasteiger partial charge in [0.05, 0.1) is 5.52 Å². The number of nitrogens with zero attached hydrogens (tertiary/aromatic N) is 1. The molecule has 19 heavy (non-hydrogen) atoms. The summed E-state index contributed by atoms with van der Waals surface area (Å²) in [5.74, 6) is 0. The van der Waals surface area contributed by atoms with Gasteiger partial charge in [-0.3, -0.25) is 4.98 Å². The van der Waals surface area contributed by atoms with Gasteiger partial charge >= 0.3 is 0 Å². The molecule has 1 fully saturated rings. The molecular formula is C16H21N3. The Bertz CT molecular complexity index is 544. The third-order valence-electron chi connectivity index (χ3n) is 4.03. The zero-order chi connectivity index (χ0) is 13.1. The van der Waals surface area contributed by atoms with Gasteiger partial charge in [0.2, 0.25) is 0 Å². The van der Waals surface area contributed by atoms with Gasteiger partial charge in [0.25, 0.3) is 0 Å². The topological polar surface area (TPSA) is 50.9 Å². The fourth-order valence-electron chi connectivity index (χ4n) is 2.82. The van der Waals surface area contributed by atoms with Gasteiger partial charge in [-0.05, 0) is 49.4 Å². The minimum Gasteiger partial charge on any atom is -0.328 e. The molecule has 0 atom stereocenters. The molecular weight excluding hydrogens is 234 g/mol. The number of aromatic nitrogens is 1. The molecule has 0 bridgehead atoms. The van der Waals surface area contributed by atoms with Crippen LogP contribution in [-0.4, -0.2) is 17.1 Å². The zero-order valence-electron chi connectivity index (χ0n) is 11.2. The molecule has 0 radical (unpaired) electrons. The van der Waals surface area contributed by atoms with Crippen LogP contribution in [0.2, 0.25) is 0 Å². The molecule has 2 aromatic rings. The monoisotopic (exact) mass is 255 g/mol. The number of hydrogen-bond acceptors (Lipinski definition) is 3. The van der Waals surface area contributed by atoms with E-state index in [4.69, 9.17) is 5.73 Å². The lowest BCUT2D eigenvalue weighted by molar-refractivity contribution is 0.342. The minimum absolute atomic E-state index is 0.421. The summed E-state index contributed by atoms with van der Waals surface area (Å²) >= 11 is 0. The van der Waals surface area contributed by atoms with Crippen LogP contribution in [0.25, 0.3) is 10.9 Å². The van der Waals surface area contributed by atoms with Crippen LogP contribution in [0.5, 0.6) is 0 Å². The Morgan fingerprint density at radius 1 is 1.16 bits per heavy atom. The summed E-state index contributed by atoms with van der Waals surface area (Å²) in [6, 6.07) is 11.6. The number of rotatable bonds is 3. The summed E-state index contributed by atoms with van der Waals surface area (Å²) < 4.78 is 0. The van der Waals surface area contributed by atoms with Crippen LogP contribution >= 0.6 is 0 Å². The summed E-state index contributed by atoms with van der Waals surface area (Å²) in [6.07, 6.45) is 6.55. The van der Waals surface area contributed by atoms with Gasteiger partial charge in [0.15, 0.2) is 0 Å². The normalized spacial score (nSPS) is 23.6. The molecule has 100 valence electrons. The van der Waals surface area contributed by atoms with E-state index in [1.807, 2.05) is 12.3 Å². The number of hydrogen-bond donors (Lipinski definition) is 2. The van der Waals surface area contributed by atoms with E-state index in [9.17, 15) is 0 Å². The molecule has 3 heteroatoms. The van der Waals surface area contributed by atoms with Crippen LogP contribution in [0.3, 0.4) is 0 Å². The summed E-state index contributed by atoms with van der Waals surface area (Å²) in [5.41, 5.74) is 8.33. The summed E-state index contributed by atoms with van der Waals surface area (Å²) in [4.78, 5) is 4.35. The molecule has 1 aliphatic rings. The predicted octanol–water partition coefficient (Wildman–Crippen LogP) is 2.59. The molecule has 3 N–H and O–H groups in total. The molecule has 0 aliphatic heterocycles. The van der Waals surface area contributed by atoms with Crippen molar-refractivity contribution >= 4 is 10.9 Å². The van der Waals surface area contributed by atoms with E-state index >= 15 is 0 Å². The quantitative estimate of drug-likeness (QED) is 0.886. The van der Waals surface area contributed by atoms with Gasteiger partial charge in [0.1, 0.15) is 0 Å². The Kier molecular flexibility index (Phi) is 3.76. The van der Waals surface area contributed by atoms with E-state index in [1.165, 1.54) is 23.8 Å². The number of benzene rings is 1. The van der Waals surface area contributed by atoms with Crippen molar-refractivity contribution in [3.8, 4) is 0 Å². The minimum atomic E-state index is 0.421. The molecule has 0 spiro atoms. The van der Waals surface area contributed by atoms with Crippen LogP contribution in [0.15, 0.2) is 36.5 Å². The largest absolute Gasteiger partial charge is 0.328 e. The number of nitrogens with two attached hydrogens (primary N) is 1. The molecule has 1 aromatic heterocycles. The average Bonchev–Trinajstić information content (AvgIpc) is 2.46. The van der Waals surface area contributed by atoms with Crippen molar-refractivity contribution in [3.63, 3.8) is 0 Å². The Morgan fingerprint density at radius 2 is 2.00 bits per heavy atom. The molecule has 0 unspecified atom stereocenters. The molecule has 3 nitrogen and oxygen atoms in total. The first-order chi connectivity index (χ1) is 9.31. The number of nitrogens with one attached hydrogen (secondary N) is 1. The van der Waals surface area contributed by atoms with Crippen molar-refractivity contribution in [2.24, 2.45) is 5.73 Å². The first-order valence-corrected chi connectivity index (χ1v) is 7.14. The second kappa shape index (κ2) is 5.68. The maximum Gasteiger partial charge on any atom is 0.0702 e. The van der Waals surface area contributed by atoms with Gasteiger partial charge in [-0.15, -0.1) is 0 Å². The molecule has 0 amide bonds. The molecule has 1 heterocycles. The van der Waals surface area contributed by atoms with Crippen molar-refractivity contribution in [1.82, 2.24) is 10.3 Å². The highest BCUT2D eigenvalue weighted by Gasteiger charge is 2.17. The van der Waals surface area contributed by atoms with E-state index in [0.717, 1.165) is 24.9 Å². The molecule has 1 aromatic carbocycles. The predicted molar refractivity (Wildman–Crippen MR) is 78.8 cm³/mol. The summed E-state index contributed by atoms with van der Waals surface area (Å²) in [7, 11) is 0. The highest BCUT2D eigenvalue weighted by atomic mass is 14.9. The van der Waals surface area contributed by atoms with Crippen LogP contribution in [0.1, 0.15) is 31.2 Å². The Labute approximate surface area is 114 Å². The van der Waals surface area contributed by atoms with Crippen LogP contribution in [-0.2, 0) is 6.54 Å². The maximum absolute atomic E-state index is 5.93. The van der Waals surface area contributed by atoms with Gasteiger partial charge in [-0.1, -0.05) is 12.1 Å². The lowest BCUT2D eigenvalue weighted by atomic mass is 9.92. The van der Waals surface area contributed by atoms with Crippen molar-refractivity contribution in [2.75, 3.05) is 0 Å². The zero-order valence-corrected chi connectivity index (χ0v) is 11.2. The summed E-state index contributed by atoms with van der Waals surface area (Å²) in [5, 5.41) is 4.86. The number of pyridine rings is 1.